The highest BCUT2D eigenvalue weighted by Gasteiger charge is 1.97. The molecule has 0 amide bonds. The zero-order valence-corrected chi connectivity index (χ0v) is 9.70. The number of nitrogens with one attached hydrogen (secondary N) is 1. The highest BCUT2D eigenvalue weighted by molar-refractivity contribution is 5.48. The van der Waals surface area contributed by atoms with Crippen LogP contribution in [0, 0.1) is 6.92 Å². The van der Waals surface area contributed by atoms with Crippen LogP contribution in [0.1, 0.15) is 12.1 Å². The Hall–Kier alpha value is -1.55. The Morgan fingerprint density at radius 3 is 3.00 bits per heavy atom. The van der Waals surface area contributed by atoms with E-state index in [0.29, 0.717) is 12.3 Å². The van der Waals surface area contributed by atoms with Gasteiger partial charge in [0.05, 0.1) is 24.6 Å². The summed E-state index contributed by atoms with van der Waals surface area (Å²) in [5.74, 6) is 0.832. The van der Waals surface area contributed by atoms with Gasteiger partial charge in [-0.25, -0.2) is 4.98 Å². The molecule has 0 aliphatic rings. The molecule has 0 bridgehead atoms. The zero-order valence-electron chi connectivity index (χ0n) is 9.70. The summed E-state index contributed by atoms with van der Waals surface area (Å²) in [6, 6.07) is 3.72. The summed E-state index contributed by atoms with van der Waals surface area (Å²) >= 11 is 0. The quantitative estimate of drug-likeness (QED) is 0.546. The van der Waals surface area contributed by atoms with Gasteiger partial charge in [0.1, 0.15) is 5.82 Å². The van der Waals surface area contributed by atoms with Crippen LogP contribution in [0.5, 0.6) is 0 Å². The number of nitrogens with zero attached hydrogens (tertiary/aromatic N) is 1. The molecule has 0 atom stereocenters. The summed E-state index contributed by atoms with van der Waals surface area (Å²) in [7, 11) is 0. The molecule has 0 aliphatic heterocycles. The summed E-state index contributed by atoms with van der Waals surface area (Å²) in [5, 5.41) is 3.17. The number of nitrogens with two attached hydrogens (primary N) is 1. The first-order chi connectivity index (χ1) is 7.74. The van der Waals surface area contributed by atoms with Crippen molar-refractivity contribution in [1.29, 1.82) is 0 Å². The predicted molar refractivity (Wildman–Crippen MR) is 67.5 cm³/mol. The maximum Gasteiger partial charge on any atom is 0.126 e. The normalized spacial score (nSPS) is 10.1. The number of aromatic nitrogens is 1. The van der Waals surface area contributed by atoms with E-state index in [4.69, 9.17) is 10.5 Å². The van der Waals surface area contributed by atoms with Gasteiger partial charge in [-0.3, -0.25) is 0 Å². The maximum absolute atomic E-state index is 5.67. The Kier molecular flexibility index (Phi) is 5.36. The fourth-order valence-electron chi connectivity index (χ4n) is 1.19. The lowest BCUT2D eigenvalue weighted by Crippen LogP contribution is -2.11. The molecule has 0 radical (unpaired) electrons. The fourth-order valence-corrected chi connectivity index (χ4v) is 1.19. The number of ether oxygens (including phenoxy) is 1. The SMILES string of the molecule is C=CCCOCCNc1ccc(N)c(C)n1. The molecule has 0 unspecified atom stereocenters. The van der Waals surface area contributed by atoms with Gasteiger partial charge in [-0.05, 0) is 25.5 Å². The van der Waals surface area contributed by atoms with Crippen molar-refractivity contribution in [3.63, 3.8) is 0 Å². The molecule has 1 aromatic rings. The van der Waals surface area contributed by atoms with Crippen molar-refractivity contribution >= 4 is 11.5 Å². The number of pyridine rings is 1. The van der Waals surface area contributed by atoms with Crippen LogP contribution in [0.4, 0.5) is 11.5 Å². The third-order valence-corrected chi connectivity index (χ3v) is 2.15. The van der Waals surface area contributed by atoms with Crippen LogP contribution >= 0.6 is 0 Å². The number of hydrogen-bond donors (Lipinski definition) is 2. The van der Waals surface area contributed by atoms with Gasteiger partial charge in [-0.1, -0.05) is 6.08 Å². The van der Waals surface area contributed by atoms with Gasteiger partial charge < -0.3 is 15.8 Å². The molecule has 0 saturated carbocycles. The fraction of sp³-hybridized carbons (Fsp3) is 0.417. The monoisotopic (exact) mass is 221 g/mol. The Labute approximate surface area is 96.5 Å². The summed E-state index contributed by atoms with van der Waals surface area (Å²) < 4.78 is 5.36. The van der Waals surface area contributed by atoms with Gasteiger partial charge in [0.15, 0.2) is 0 Å². The van der Waals surface area contributed by atoms with Crippen LogP contribution in [-0.2, 0) is 4.74 Å². The smallest absolute Gasteiger partial charge is 0.126 e. The molecule has 88 valence electrons. The van der Waals surface area contributed by atoms with Crippen LogP contribution in [0.2, 0.25) is 0 Å². The van der Waals surface area contributed by atoms with E-state index in [9.17, 15) is 0 Å². The molecule has 0 aromatic carbocycles. The summed E-state index contributed by atoms with van der Waals surface area (Å²) in [5.41, 5.74) is 7.23. The average Bonchev–Trinajstić information content (AvgIpc) is 2.28. The van der Waals surface area contributed by atoms with Crippen LogP contribution in [0.15, 0.2) is 24.8 Å². The maximum atomic E-state index is 5.67. The minimum Gasteiger partial charge on any atom is -0.397 e. The van der Waals surface area contributed by atoms with E-state index in [0.717, 1.165) is 31.1 Å². The Bertz CT molecular complexity index is 339. The van der Waals surface area contributed by atoms with Crippen LogP contribution in [0.25, 0.3) is 0 Å². The van der Waals surface area contributed by atoms with Gasteiger partial charge in [-0.2, -0.15) is 0 Å². The molecule has 0 saturated heterocycles. The van der Waals surface area contributed by atoms with Crippen molar-refractivity contribution in [1.82, 2.24) is 4.98 Å². The van der Waals surface area contributed by atoms with Gasteiger partial charge in [0, 0.05) is 6.54 Å². The number of aryl methyl sites for hydroxylation is 1. The lowest BCUT2D eigenvalue weighted by Gasteiger charge is -2.07. The third-order valence-electron chi connectivity index (χ3n) is 2.15. The second kappa shape index (κ2) is 6.85. The summed E-state index contributed by atoms with van der Waals surface area (Å²) in [4.78, 5) is 4.30. The molecule has 4 nitrogen and oxygen atoms in total. The minimum absolute atomic E-state index is 0.666. The molecular weight excluding hydrogens is 202 g/mol. The van der Waals surface area contributed by atoms with Crippen LogP contribution in [0.3, 0.4) is 0 Å². The molecule has 1 rings (SSSR count). The van der Waals surface area contributed by atoms with Gasteiger partial charge in [0.25, 0.3) is 0 Å². The van der Waals surface area contributed by atoms with Crippen molar-refractivity contribution in [2.24, 2.45) is 0 Å². The van der Waals surface area contributed by atoms with Crippen LogP contribution in [-0.4, -0.2) is 24.7 Å². The molecule has 1 aromatic heterocycles. The number of rotatable bonds is 7. The summed E-state index contributed by atoms with van der Waals surface area (Å²) in [6.07, 6.45) is 2.73. The first kappa shape index (κ1) is 12.5. The topological polar surface area (TPSA) is 60.2 Å². The highest BCUT2D eigenvalue weighted by atomic mass is 16.5. The van der Waals surface area contributed by atoms with Gasteiger partial charge in [-0.15, -0.1) is 6.58 Å². The zero-order chi connectivity index (χ0) is 11.8. The van der Waals surface area contributed by atoms with E-state index in [1.165, 1.54) is 0 Å². The van der Waals surface area contributed by atoms with Gasteiger partial charge >= 0.3 is 0 Å². The first-order valence-electron chi connectivity index (χ1n) is 5.39. The van der Waals surface area contributed by atoms with E-state index in [1.807, 2.05) is 25.1 Å². The Balaban J connectivity index is 2.21. The summed E-state index contributed by atoms with van der Waals surface area (Å²) in [6.45, 7) is 7.65. The van der Waals surface area contributed by atoms with E-state index < -0.39 is 0 Å². The van der Waals surface area contributed by atoms with Gasteiger partial charge in [0.2, 0.25) is 0 Å². The predicted octanol–water partition coefficient (Wildman–Crippen LogP) is 1.98. The van der Waals surface area contributed by atoms with Crippen molar-refractivity contribution in [2.45, 2.75) is 13.3 Å². The van der Waals surface area contributed by atoms with Crippen molar-refractivity contribution in [3.05, 3.63) is 30.5 Å². The lowest BCUT2D eigenvalue weighted by atomic mass is 10.3. The molecular formula is C12H19N3O. The van der Waals surface area contributed by atoms with E-state index in [1.54, 1.807) is 0 Å². The molecule has 4 heteroatoms. The van der Waals surface area contributed by atoms with E-state index in [2.05, 4.69) is 16.9 Å². The second-order valence-corrected chi connectivity index (χ2v) is 3.49. The molecule has 0 aliphatic carbocycles. The molecule has 0 fully saturated rings. The van der Waals surface area contributed by atoms with Crippen molar-refractivity contribution < 1.29 is 4.74 Å². The Morgan fingerprint density at radius 1 is 1.50 bits per heavy atom. The first-order valence-corrected chi connectivity index (χ1v) is 5.39. The van der Waals surface area contributed by atoms with Crippen molar-refractivity contribution in [2.75, 3.05) is 30.8 Å². The number of hydrogen-bond acceptors (Lipinski definition) is 4. The highest BCUT2D eigenvalue weighted by Crippen LogP contribution is 2.11. The number of anilines is 2. The standard InChI is InChI=1S/C12H19N3O/c1-3-4-8-16-9-7-14-12-6-5-11(13)10(2)15-12/h3,5-6H,1,4,7-9,13H2,2H3,(H,14,15). The van der Waals surface area contributed by atoms with E-state index in [-0.39, 0.29) is 0 Å². The van der Waals surface area contributed by atoms with Crippen molar-refractivity contribution in [3.8, 4) is 0 Å². The minimum atomic E-state index is 0.666. The molecule has 3 N–H and O–H groups in total. The largest absolute Gasteiger partial charge is 0.397 e. The second-order valence-electron chi connectivity index (χ2n) is 3.49. The average molecular weight is 221 g/mol. The number of nitrogen functional groups attached to an aromatic ring is 1. The van der Waals surface area contributed by atoms with Crippen LogP contribution < -0.4 is 11.1 Å². The molecule has 1 heterocycles. The third kappa shape index (κ3) is 4.31. The molecule has 16 heavy (non-hydrogen) atoms. The molecule has 0 spiro atoms. The lowest BCUT2D eigenvalue weighted by molar-refractivity contribution is 0.149. The van der Waals surface area contributed by atoms with E-state index >= 15 is 0 Å². The Morgan fingerprint density at radius 2 is 2.31 bits per heavy atom.